The van der Waals surface area contributed by atoms with E-state index < -0.39 is 5.54 Å². The van der Waals surface area contributed by atoms with E-state index in [2.05, 4.69) is 19.2 Å². The van der Waals surface area contributed by atoms with Crippen LogP contribution in [0.15, 0.2) is 0 Å². The van der Waals surface area contributed by atoms with Gasteiger partial charge in [0.05, 0.1) is 0 Å². The van der Waals surface area contributed by atoms with Crippen molar-refractivity contribution in [2.75, 3.05) is 0 Å². The molecule has 4 heteroatoms. The average Bonchev–Trinajstić information content (AvgIpc) is 3.08. The molecule has 108 valence electrons. The minimum absolute atomic E-state index is 0.0244. The number of carbonyl (C=O) groups is 2. The lowest BCUT2D eigenvalue weighted by molar-refractivity contribution is -0.158. The molecule has 2 rings (SSSR count). The molecule has 1 saturated heterocycles. The molecule has 2 unspecified atom stereocenters. The Morgan fingerprint density at radius 2 is 1.84 bits per heavy atom. The maximum atomic E-state index is 12.8. The molecule has 2 amide bonds. The summed E-state index contributed by atoms with van der Waals surface area (Å²) in [4.78, 5) is 27.1. The zero-order chi connectivity index (χ0) is 14.4. The minimum Gasteiger partial charge on any atom is -0.340 e. The number of carbonyl (C=O) groups excluding carboxylic acids is 2. The van der Waals surface area contributed by atoms with Crippen LogP contribution >= 0.6 is 0 Å². The van der Waals surface area contributed by atoms with Gasteiger partial charge in [0, 0.05) is 6.04 Å². The van der Waals surface area contributed by atoms with Crippen molar-refractivity contribution < 1.29 is 9.59 Å². The molecule has 0 aromatic heterocycles. The predicted molar refractivity (Wildman–Crippen MR) is 74.5 cm³/mol. The third kappa shape index (κ3) is 2.49. The first-order valence-electron chi connectivity index (χ1n) is 7.42. The smallest absolute Gasteiger partial charge is 0.249 e. The molecule has 0 bridgehead atoms. The summed E-state index contributed by atoms with van der Waals surface area (Å²) in [6.07, 6.45) is 2.82. The van der Waals surface area contributed by atoms with Gasteiger partial charge >= 0.3 is 0 Å². The maximum Gasteiger partial charge on any atom is 0.249 e. The van der Waals surface area contributed by atoms with E-state index in [-0.39, 0.29) is 23.9 Å². The summed E-state index contributed by atoms with van der Waals surface area (Å²) in [6, 6.07) is -0.236. The van der Waals surface area contributed by atoms with E-state index in [1.54, 1.807) is 0 Å². The van der Waals surface area contributed by atoms with Crippen molar-refractivity contribution in [3.8, 4) is 0 Å². The first-order valence-corrected chi connectivity index (χ1v) is 7.42. The van der Waals surface area contributed by atoms with Crippen LogP contribution in [0.5, 0.6) is 0 Å². The maximum absolute atomic E-state index is 12.8. The zero-order valence-electron chi connectivity index (χ0n) is 12.7. The second-order valence-corrected chi connectivity index (χ2v) is 6.92. The van der Waals surface area contributed by atoms with E-state index in [4.69, 9.17) is 0 Å². The van der Waals surface area contributed by atoms with Gasteiger partial charge in [-0.1, -0.05) is 13.8 Å². The molecule has 0 spiro atoms. The molecule has 19 heavy (non-hydrogen) atoms. The highest BCUT2D eigenvalue weighted by atomic mass is 16.2. The number of hydrogen-bond donors (Lipinski definition) is 1. The van der Waals surface area contributed by atoms with Crippen molar-refractivity contribution in [3.63, 3.8) is 0 Å². The van der Waals surface area contributed by atoms with Gasteiger partial charge in [-0.2, -0.15) is 0 Å². The van der Waals surface area contributed by atoms with E-state index in [0.717, 1.165) is 19.3 Å². The summed E-state index contributed by atoms with van der Waals surface area (Å²) in [5, 5.41) is 3.01. The molecule has 0 aromatic carbocycles. The van der Waals surface area contributed by atoms with Gasteiger partial charge < -0.3 is 10.2 Å². The first-order chi connectivity index (χ1) is 8.77. The third-order valence-corrected chi connectivity index (χ3v) is 4.34. The van der Waals surface area contributed by atoms with E-state index in [9.17, 15) is 9.59 Å². The molecule has 4 nitrogen and oxygen atoms in total. The fourth-order valence-corrected chi connectivity index (χ4v) is 3.13. The van der Waals surface area contributed by atoms with E-state index >= 15 is 0 Å². The quantitative estimate of drug-likeness (QED) is 0.845. The summed E-state index contributed by atoms with van der Waals surface area (Å²) in [6.45, 7) is 10.1. The predicted octanol–water partition coefficient (Wildman–Crippen LogP) is 1.94. The van der Waals surface area contributed by atoms with E-state index in [0.29, 0.717) is 11.8 Å². The first kappa shape index (κ1) is 14.4. The minimum atomic E-state index is -0.672. The van der Waals surface area contributed by atoms with E-state index in [1.807, 2.05) is 25.7 Å². The Bertz CT molecular complexity index is 388. The zero-order valence-corrected chi connectivity index (χ0v) is 12.7. The summed E-state index contributed by atoms with van der Waals surface area (Å²) >= 11 is 0. The Morgan fingerprint density at radius 3 is 2.26 bits per heavy atom. The van der Waals surface area contributed by atoms with Gasteiger partial charge in [0.2, 0.25) is 11.8 Å². The molecule has 0 aromatic rings. The Hall–Kier alpha value is -1.06. The van der Waals surface area contributed by atoms with Gasteiger partial charge in [-0.25, -0.2) is 0 Å². The summed E-state index contributed by atoms with van der Waals surface area (Å²) in [7, 11) is 0. The Morgan fingerprint density at radius 1 is 1.26 bits per heavy atom. The Balaban J connectivity index is 2.29. The second kappa shape index (κ2) is 4.80. The van der Waals surface area contributed by atoms with Gasteiger partial charge in [0.15, 0.2) is 0 Å². The lowest BCUT2D eigenvalue weighted by Crippen LogP contribution is -2.71. The normalized spacial score (nSPS) is 32.2. The highest BCUT2D eigenvalue weighted by Gasteiger charge is 2.55. The molecule has 0 radical (unpaired) electrons. The van der Waals surface area contributed by atoms with Crippen LogP contribution in [0.25, 0.3) is 0 Å². The van der Waals surface area contributed by atoms with E-state index in [1.165, 1.54) is 0 Å². The number of nitrogens with zero attached hydrogens (tertiary/aromatic N) is 1. The summed E-state index contributed by atoms with van der Waals surface area (Å²) < 4.78 is 0. The van der Waals surface area contributed by atoms with Gasteiger partial charge in [-0.3, -0.25) is 9.59 Å². The molecule has 2 fully saturated rings. The molecule has 1 saturated carbocycles. The fraction of sp³-hybridized carbons (Fsp3) is 0.867. The van der Waals surface area contributed by atoms with Gasteiger partial charge in [0.25, 0.3) is 0 Å². The highest BCUT2D eigenvalue weighted by molar-refractivity contribution is 6.00. The van der Waals surface area contributed by atoms with Crippen LogP contribution in [0.1, 0.15) is 53.9 Å². The van der Waals surface area contributed by atoms with Crippen molar-refractivity contribution in [1.29, 1.82) is 0 Å². The molecule has 1 aliphatic carbocycles. The molecule has 1 aliphatic heterocycles. The molecule has 1 heterocycles. The van der Waals surface area contributed by atoms with Crippen LogP contribution in [0.3, 0.4) is 0 Å². The highest BCUT2D eigenvalue weighted by Crippen LogP contribution is 2.43. The topological polar surface area (TPSA) is 49.4 Å². The lowest BCUT2D eigenvalue weighted by Gasteiger charge is -2.47. The number of nitrogens with one attached hydrogen (secondary N) is 1. The van der Waals surface area contributed by atoms with Crippen molar-refractivity contribution in [2.45, 2.75) is 71.5 Å². The van der Waals surface area contributed by atoms with Crippen molar-refractivity contribution in [1.82, 2.24) is 10.2 Å². The van der Waals surface area contributed by atoms with Gasteiger partial charge in [0.1, 0.15) is 11.6 Å². The summed E-state index contributed by atoms with van der Waals surface area (Å²) in [5.41, 5.74) is -0.672. The molecule has 1 N–H and O–H groups in total. The number of amides is 2. The number of rotatable bonds is 4. The average molecular weight is 266 g/mol. The van der Waals surface area contributed by atoms with Crippen LogP contribution < -0.4 is 5.32 Å². The van der Waals surface area contributed by atoms with Crippen LogP contribution in [0.4, 0.5) is 0 Å². The monoisotopic (exact) mass is 266 g/mol. The number of piperazine rings is 1. The number of hydrogen-bond acceptors (Lipinski definition) is 2. The Labute approximate surface area is 115 Å². The lowest BCUT2D eigenvalue weighted by atomic mass is 9.86. The van der Waals surface area contributed by atoms with Crippen LogP contribution in [0.2, 0.25) is 0 Å². The molecular weight excluding hydrogens is 240 g/mol. The van der Waals surface area contributed by atoms with Crippen LogP contribution in [-0.4, -0.2) is 34.3 Å². The van der Waals surface area contributed by atoms with Crippen molar-refractivity contribution >= 4 is 11.8 Å². The second-order valence-electron chi connectivity index (χ2n) is 6.92. The Kier molecular flexibility index (Phi) is 3.63. The molecular formula is C15H26N2O2. The molecule has 2 atom stereocenters. The fourth-order valence-electron chi connectivity index (χ4n) is 3.13. The third-order valence-electron chi connectivity index (χ3n) is 4.34. The summed E-state index contributed by atoms with van der Waals surface area (Å²) in [5.74, 6) is 0.854. The van der Waals surface area contributed by atoms with Gasteiger partial charge in [-0.15, -0.1) is 0 Å². The SMILES string of the molecule is CC(C)CC1C(=O)NC(C)(C2CC2)C(=O)N1C(C)C. The van der Waals surface area contributed by atoms with Crippen LogP contribution in [0, 0.1) is 11.8 Å². The largest absolute Gasteiger partial charge is 0.340 e. The van der Waals surface area contributed by atoms with Gasteiger partial charge in [-0.05, 0) is 51.9 Å². The standard InChI is InChI=1S/C15H26N2O2/c1-9(2)8-12-13(18)16-15(5,11-6-7-11)14(19)17(12)10(3)4/h9-12H,6-8H2,1-5H3,(H,16,18). The van der Waals surface area contributed by atoms with Crippen molar-refractivity contribution in [2.24, 2.45) is 11.8 Å². The molecule has 2 aliphatic rings. The van der Waals surface area contributed by atoms with Crippen molar-refractivity contribution in [3.05, 3.63) is 0 Å². The van der Waals surface area contributed by atoms with Crippen LogP contribution in [-0.2, 0) is 9.59 Å².